The van der Waals surface area contributed by atoms with Gasteiger partial charge in [-0.3, -0.25) is 4.90 Å². The van der Waals surface area contributed by atoms with E-state index in [1.807, 2.05) is 11.3 Å². The Morgan fingerprint density at radius 2 is 2.17 bits per heavy atom. The topological polar surface area (TPSA) is 15.3 Å². The molecule has 18 heavy (non-hydrogen) atoms. The summed E-state index contributed by atoms with van der Waals surface area (Å²) < 4.78 is 0. The lowest BCUT2D eigenvalue weighted by Gasteiger charge is -2.41. The van der Waals surface area contributed by atoms with E-state index >= 15 is 0 Å². The van der Waals surface area contributed by atoms with Crippen molar-refractivity contribution < 1.29 is 0 Å². The SMILES string of the molecule is CNCC1CCCN(C2CC2)C1c1ccc(C)s1. The fourth-order valence-electron chi connectivity index (χ4n) is 3.40. The van der Waals surface area contributed by atoms with Crippen molar-refractivity contribution in [1.82, 2.24) is 10.2 Å². The van der Waals surface area contributed by atoms with Crippen LogP contribution in [-0.2, 0) is 0 Å². The van der Waals surface area contributed by atoms with Gasteiger partial charge in [-0.15, -0.1) is 11.3 Å². The van der Waals surface area contributed by atoms with Gasteiger partial charge in [-0.05, 0) is 70.8 Å². The zero-order chi connectivity index (χ0) is 12.5. The van der Waals surface area contributed by atoms with Crippen LogP contribution in [0.3, 0.4) is 0 Å². The second-order valence-corrected chi connectivity index (χ2v) is 7.14. The number of thiophene rings is 1. The highest BCUT2D eigenvalue weighted by Gasteiger charge is 2.40. The van der Waals surface area contributed by atoms with E-state index in [4.69, 9.17) is 0 Å². The summed E-state index contributed by atoms with van der Waals surface area (Å²) in [6, 6.07) is 6.22. The quantitative estimate of drug-likeness (QED) is 0.898. The predicted octanol–water partition coefficient (Wildman–Crippen LogP) is 3.19. The minimum atomic E-state index is 0.678. The summed E-state index contributed by atoms with van der Waals surface area (Å²) in [5.41, 5.74) is 0. The van der Waals surface area contributed by atoms with Crippen molar-refractivity contribution in [1.29, 1.82) is 0 Å². The van der Waals surface area contributed by atoms with Gasteiger partial charge in [0.15, 0.2) is 0 Å². The molecule has 1 aromatic heterocycles. The van der Waals surface area contributed by atoms with Crippen molar-refractivity contribution in [2.45, 2.75) is 44.7 Å². The summed E-state index contributed by atoms with van der Waals surface area (Å²) in [6.07, 6.45) is 5.61. The highest BCUT2D eigenvalue weighted by Crippen LogP contribution is 2.44. The van der Waals surface area contributed by atoms with E-state index in [1.54, 1.807) is 4.88 Å². The number of nitrogens with one attached hydrogen (secondary N) is 1. The smallest absolute Gasteiger partial charge is 0.0484 e. The average molecular weight is 264 g/mol. The first-order valence-electron chi connectivity index (χ1n) is 7.26. The second kappa shape index (κ2) is 5.32. The third kappa shape index (κ3) is 2.49. The monoisotopic (exact) mass is 264 g/mol. The highest BCUT2D eigenvalue weighted by molar-refractivity contribution is 7.12. The summed E-state index contributed by atoms with van der Waals surface area (Å²) >= 11 is 2.00. The van der Waals surface area contributed by atoms with Crippen molar-refractivity contribution >= 4 is 11.3 Å². The lowest BCUT2D eigenvalue weighted by molar-refractivity contribution is 0.0869. The van der Waals surface area contributed by atoms with Gasteiger partial charge < -0.3 is 5.32 Å². The zero-order valence-corrected chi connectivity index (χ0v) is 12.3. The van der Waals surface area contributed by atoms with Crippen LogP contribution in [0.25, 0.3) is 0 Å². The summed E-state index contributed by atoms with van der Waals surface area (Å²) in [7, 11) is 2.09. The van der Waals surface area contributed by atoms with Crippen LogP contribution in [0.1, 0.15) is 41.5 Å². The highest BCUT2D eigenvalue weighted by atomic mass is 32.1. The van der Waals surface area contributed by atoms with E-state index in [2.05, 4.69) is 36.3 Å². The molecule has 1 aliphatic carbocycles. The Kier molecular flexibility index (Phi) is 3.73. The zero-order valence-electron chi connectivity index (χ0n) is 11.5. The summed E-state index contributed by atoms with van der Waals surface area (Å²) in [5, 5.41) is 3.40. The Morgan fingerprint density at radius 3 is 2.78 bits per heavy atom. The van der Waals surface area contributed by atoms with Crippen LogP contribution >= 0.6 is 11.3 Å². The number of rotatable bonds is 4. The number of hydrogen-bond donors (Lipinski definition) is 1. The number of nitrogens with zero attached hydrogens (tertiary/aromatic N) is 1. The molecule has 3 heteroatoms. The first-order chi connectivity index (χ1) is 8.79. The number of hydrogen-bond acceptors (Lipinski definition) is 3. The molecule has 2 atom stereocenters. The first-order valence-corrected chi connectivity index (χ1v) is 8.08. The lowest BCUT2D eigenvalue weighted by atomic mass is 9.87. The number of likely N-dealkylation sites (tertiary alicyclic amines) is 1. The van der Waals surface area contributed by atoms with Crippen LogP contribution in [-0.4, -0.2) is 31.1 Å². The number of aryl methyl sites for hydroxylation is 1. The molecule has 0 radical (unpaired) electrons. The first kappa shape index (κ1) is 12.6. The molecule has 1 saturated carbocycles. The van der Waals surface area contributed by atoms with Gasteiger partial charge in [-0.1, -0.05) is 0 Å². The van der Waals surface area contributed by atoms with Crippen molar-refractivity contribution in [3.05, 3.63) is 21.9 Å². The fourth-order valence-corrected chi connectivity index (χ4v) is 4.50. The minimum Gasteiger partial charge on any atom is -0.319 e. The van der Waals surface area contributed by atoms with Crippen LogP contribution in [0.2, 0.25) is 0 Å². The average Bonchev–Trinajstić information content (AvgIpc) is 3.12. The molecule has 2 heterocycles. The molecule has 0 aromatic carbocycles. The molecule has 1 saturated heterocycles. The van der Waals surface area contributed by atoms with Gasteiger partial charge in [-0.25, -0.2) is 0 Å². The van der Waals surface area contributed by atoms with Crippen LogP contribution in [0.4, 0.5) is 0 Å². The van der Waals surface area contributed by atoms with Crippen LogP contribution in [0, 0.1) is 12.8 Å². The Hall–Kier alpha value is -0.380. The van der Waals surface area contributed by atoms with Gasteiger partial charge in [0.05, 0.1) is 0 Å². The van der Waals surface area contributed by atoms with Gasteiger partial charge in [0, 0.05) is 21.8 Å². The van der Waals surface area contributed by atoms with Gasteiger partial charge in [0.1, 0.15) is 0 Å². The molecule has 100 valence electrons. The molecule has 1 aliphatic heterocycles. The molecule has 2 unspecified atom stereocenters. The van der Waals surface area contributed by atoms with E-state index in [9.17, 15) is 0 Å². The van der Waals surface area contributed by atoms with Crippen LogP contribution < -0.4 is 5.32 Å². The third-order valence-corrected chi connectivity index (χ3v) is 5.40. The number of piperidine rings is 1. The molecular weight excluding hydrogens is 240 g/mol. The van der Waals surface area contributed by atoms with Gasteiger partial charge in [-0.2, -0.15) is 0 Å². The maximum Gasteiger partial charge on any atom is 0.0484 e. The maximum absolute atomic E-state index is 3.40. The largest absolute Gasteiger partial charge is 0.319 e. The lowest BCUT2D eigenvalue weighted by Crippen LogP contribution is -2.42. The van der Waals surface area contributed by atoms with Gasteiger partial charge in [0.25, 0.3) is 0 Å². The molecule has 2 nitrogen and oxygen atoms in total. The van der Waals surface area contributed by atoms with E-state index in [0.717, 1.165) is 18.5 Å². The summed E-state index contributed by atoms with van der Waals surface area (Å²) in [4.78, 5) is 5.85. The van der Waals surface area contributed by atoms with E-state index < -0.39 is 0 Å². The van der Waals surface area contributed by atoms with Gasteiger partial charge >= 0.3 is 0 Å². The Bertz CT molecular complexity index is 395. The molecule has 2 aliphatic rings. The molecule has 0 spiro atoms. The molecule has 0 amide bonds. The molecule has 1 N–H and O–H groups in total. The molecule has 1 aromatic rings. The van der Waals surface area contributed by atoms with Gasteiger partial charge in [0.2, 0.25) is 0 Å². The molecular formula is C15H24N2S. The normalized spacial score (nSPS) is 29.7. The third-order valence-electron chi connectivity index (χ3n) is 4.33. The second-order valence-electron chi connectivity index (χ2n) is 5.82. The standard InChI is InChI=1S/C15H24N2S/c1-11-5-8-14(18-11)15-12(10-16-2)4-3-9-17(15)13-6-7-13/h5,8,12-13,15-16H,3-4,6-7,9-10H2,1-2H3. The summed E-state index contributed by atoms with van der Waals surface area (Å²) in [5.74, 6) is 0.794. The van der Waals surface area contributed by atoms with E-state index in [1.165, 1.54) is 37.1 Å². The predicted molar refractivity (Wildman–Crippen MR) is 78.2 cm³/mol. The molecule has 2 fully saturated rings. The van der Waals surface area contributed by atoms with Crippen molar-refractivity contribution in [3.63, 3.8) is 0 Å². The van der Waals surface area contributed by atoms with Crippen molar-refractivity contribution in [3.8, 4) is 0 Å². The molecule has 0 bridgehead atoms. The Morgan fingerprint density at radius 1 is 1.33 bits per heavy atom. The Labute approximate surface area is 114 Å². The van der Waals surface area contributed by atoms with E-state index in [-0.39, 0.29) is 0 Å². The summed E-state index contributed by atoms with van der Waals surface area (Å²) in [6.45, 7) is 4.70. The van der Waals surface area contributed by atoms with Crippen molar-refractivity contribution in [2.24, 2.45) is 5.92 Å². The van der Waals surface area contributed by atoms with Crippen LogP contribution in [0.15, 0.2) is 12.1 Å². The van der Waals surface area contributed by atoms with Crippen molar-refractivity contribution in [2.75, 3.05) is 20.1 Å². The fraction of sp³-hybridized carbons (Fsp3) is 0.733. The Balaban J connectivity index is 1.85. The molecule has 3 rings (SSSR count). The van der Waals surface area contributed by atoms with E-state index in [0.29, 0.717) is 6.04 Å². The van der Waals surface area contributed by atoms with Crippen LogP contribution in [0.5, 0.6) is 0 Å². The minimum absolute atomic E-state index is 0.678. The maximum atomic E-state index is 3.40.